The Morgan fingerprint density at radius 1 is 1.06 bits per heavy atom. The van der Waals surface area contributed by atoms with Gasteiger partial charge < -0.3 is 10.3 Å². The van der Waals surface area contributed by atoms with Crippen molar-refractivity contribution in [1.82, 2.24) is 20.3 Å². The lowest BCUT2D eigenvalue weighted by Crippen LogP contribution is -2.59. The molecule has 1 aromatic heterocycles. The number of aromatic amines is 1. The lowest BCUT2D eigenvalue weighted by molar-refractivity contribution is 0.164. The third-order valence-corrected chi connectivity index (χ3v) is 5.95. The summed E-state index contributed by atoms with van der Waals surface area (Å²) in [6.45, 7) is 24.2. The van der Waals surface area contributed by atoms with Crippen LogP contribution in [0.3, 0.4) is 0 Å². The van der Waals surface area contributed by atoms with Crippen molar-refractivity contribution in [2.75, 3.05) is 0 Å². The number of piperidine rings is 1. The van der Waals surface area contributed by atoms with Crippen LogP contribution in [0.25, 0.3) is 0 Å². The summed E-state index contributed by atoms with van der Waals surface area (Å²) in [6.07, 6.45) is 5.85. The smallest absolute Gasteiger partial charge is 0.225 e. The van der Waals surface area contributed by atoms with Crippen LogP contribution in [0, 0.1) is 18.3 Å². The van der Waals surface area contributed by atoms with Crippen LogP contribution in [0.4, 0.5) is 0 Å². The van der Waals surface area contributed by atoms with E-state index in [0.29, 0.717) is 5.62 Å². The average molecular weight is 441 g/mol. The minimum absolute atomic E-state index is 0.0687. The topological polar surface area (TPSA) is 78.3 Å². The number of unbranched alkanes of at least 4 members (excludes halogenated alkanes) is 1. The minimum atomic E-state index is -0.188. The number of rotatable bonds is 7. The van der Waals surface area contributed by atoms with Gasteiger partial charge in [-0.1, -0.05) is 34.1 Å². The molecule has 178 valence electrons. The fourth-order valence-electron chi connectivity index (χ4n) is 5.75. The Morgan fingerprint density at radius 3 is 2.19 bits per heavy atom. The van der Waals surface area contributed by atoms with Crippen LogP contribution in [0.5, 0.6) is 0 Å². The number of H-pyrrole nitrogens is 1. The predicted molar refractivity (Wildman–Crippen MR) is 133 cm³/mol. The Bertz CT molecular complexity index is 872. The Kier molecular flexibility index (Phi) is 6.78. The van der Waals surface area contributed by atoms with Gasteiger partial charge in [0.25, 0.3) is 0 Å². The summed E-state index contributed by atoms with van der Waals surface area (Å²) in [5, 5.41) is 3.76. The van der Waals surface area contributed by atoms with E-state index in [0.717, 1.165) is 61.8 Å². The molecule has 0 aliphatic carbocycles. The molecule has 2 N–H and O–H groups in total. The quantitative estimate of drug-likeness (QED) is 0.588. The molecule has 0 atom stereocenters. The number of nitrogens with one attached hydrogen (secondary N) is 2. The monoisotopic (exact) mass is 440 g/mol. The first-order chi connectivity index (χ1) is 14.6. The SMILES string of the molecule is [CH2]CCCC(=NC1CC(C)(C)NC(C)(C)C1)[C]1c2nc1[nH]c(=NC(C)(C)CC(C)(C)C)n2. The van der Waals surface area contributed by atoms with Crippen molar-refractivity contribution in [3.8, 4) is 0 Å². The molecule has 6 nitrogen and oxygen atoms in total. The van der Waals surface area contributed by atoms with Crippen molar-refractivity contribution in [3.05, 3.63) is 30.1 Å². The zero-order chi connectivity index (χ0) is 23.9. The number of aromatic nitrogens is 3. The van der Waals surface area contributed by atoms with Crippen LogP contribution in [0.2, 0.25) is 0 Å². The van der Waals surface area contributed by atoms with Gasteiger partial charge in [-0.2, -0.15) is 4.98 Å². The summed E-state index contributed by atoms with van der Waals surface area (Å²) < 4.78 is 0. The van der Waals surface area contributed by atoms with Crippen LogP contribution in [-0.4, -0.2) is 43.3 Å². The molecule has 2 aliphatic rings. The molecular weight excluding hydrogens is 396 g/mol. The second-order valence-corrected chi connectivity index (χ2v) is 12.9. The molecular formula is C26H44N6. The predicted octanol–water partition coefficient (Wildman–Crippen LogP) is 4.96. The van der Waals surface area contributed by atoms with Crippen LogP contribution in [0.15, 0.2) is 9.98 Å². The fraction of sp³-hybridized carbons (Fsp3) is 0.769. The van der Waals surface area contributed by atoms with Crippen LogP contribution in [0.1, 0.15) is 112 Å². The van der Waals surface area contributed by atoms with Crippen LogP contribution < -0.4 is 10.9 Å². The van der Waals surface area contributed by atoms with Gasteiger partial charge in [0.1, 0.15) is 5.82 Å². The molecule has 1 saturated heterocycles. The highest BCUT2D eigenvalue weighted by Gasteiger charge is 2.40. The summed E-state index contributed by atoms with van der Waals surface area (Å²) in [4.78, 5) is 22.9. The summed E-state index contributed by atoms with van der Waals surface area (Å²) >= 11 is 0. The highest BCUT2D eigenvalue weighted by molar-refractivity contribution is 6.04. The van der Waals surface area contributed by atoms with Gasteiger partial charge in [0, 0.05) is 16.8 Å². The lowest BCUT2D eigenvalue weighted by Gasteiger charge is -2.45. The number of fused-ring (bicyclic) bond motifs is 2. The molecule has 1 aromatic rings. The van der Waals surface area contributed by atoms with E-state index in [2.05, 4.69) is 84.5 Å². The van der Waals surface area contributed by atoms with E-state index in [9.17, 15) is 0 Å². The maximum Gasteiger partial charge on any atom is 0.225 e. The second-order valence-electron chi connectivity index (χ2n) is 12.9. The van der Waals surface area contributed by atoms with Crippen molar-refractivity contribution in [2.45, 2.75) is 123 Å². The molecule has 0 spiro atoms. The first-order valence-corrected chi connectivity index (χ1v) is 12.2. The van der Waals surface area contributed by atoms with Gasteiger partial charge in [0.05, 0.1) is 11.6 Å². The van der Waals surface area contributed by atoms with Gasteiger partial charge in [0.2, 0.25) is 5.62 Å². The maximum atomic E-state index is 5.29. The Morgan fingerprint density at radius 2 is 1.69 bits per heavy atom. The number of hydrogen-bond acceptors (Lipinski definition) is 5. The molecule has 0 saturated carbocycles. The van der Waals surface area contributed by atoms with Crippen molar-refractivity contribution in [2.24, 2.45) is 15.4 Å². The zero-order valence-electron chi connectivity index (χ0n) is 21.8. The minimum Gasteiger partial charge on any atom is -0.311 e. The second kappa shape index (κ2) is 8.66. The normalized spacial score (nSPS) is 22.2. The molecule has 3 heterocycles. The summed E-state index contributed by atoms with van der Waals surface area (Å²) in [5.74, 6) is 2.73. The van der Waals surface area contributed by atoms with Gasteiger partial charge in [-0.15, -0.1) is 0 Å². The summed E-state index contributed by atoms with van der Waals surface area (Å²) in [5.41, 5.74) is 1.95. The van der Waals surface area contributed by atoms with E-state index >= 15 is 0 Å². The third-order valence-electron chi connectivity index (χ3n) is 5.95. The summed E-state index contributed by atoms with van der Waals surface area (Å²) in [7, 11) is 0. The van der Waals surface area contributed by atoms with Crippen molar-refractivity contribution >= 4 is 5.71 Å². The first-order valence-electron chi connectivity index (χ1n) is 12.2. The third kappa shape index (κ3) is 6.49. The zero-order valence-corrected chi connectivity index (χ0v) is 21.8. The molecule has 6 heteroatoms. The molecule has 0 amide bonds. The van der Waals surface area contributed by atoms with E-state index in [1.807, 2.05) is 0 Å². The largest absolute Gasteiger partial charge is 0.311 e. The van der Waals surface area contributed by atoms with Crippen molar-refractivity contribution in [3.63, 3.8) is 0 Å². The van der Waals surface area contributed by atoms with Crippen molar-refractivity contribution < 1.29 is 0 Å². The van der Waals surface area contributed by atoms with E-state index in [4.69, 9.17) is 15.0 Å². The standard InChI is InChI=1S/C26H44N6/c1-11-12-13-18(27-17-14-24(5,6)32-25(7,8)15-17)19-20-28-21(19)30-22(29-20)31-26(9,10)16-23(2,3)4/h17,32H,1,11-16H2,2-10H3,(H,28,29,30,31). The summed E-state index contributed by atoms with van der Waals surface area (Å²) in [6, 6.07) is 0.287. The molecule has 3 rings (SSSR count). The van der Waals surface area contributed by atoms with Gasteiger partial charge >= 0.3 is 0 Å². The highest BCUT2D eigenvalue weighted by atomic mass is 15.1. The number of aliphatic imine (C=N–C) groups is 1. The number of nitrogens with zero attached hydrogens (tertiary/aromatic N) is 4. The molecule has 2 bridgehead atoms. The number of hydrogen-bond donors (Lipinski definition) is 2. The average Bonchev–Trinajstić information content (AvgIpc) is 2.53. The molecule has 0 unspecified atom stereocenters. The molecule has 1 fully saturated rings. The van der Waals surface area contributed by atoms with E-state index in [-0.39, 0.29) is 28.1 Å². The van der Waals surface area contributed by atoms with Gasteiger partial charge in [-0.25, -0.2) is 9.98 Å². The molecule has 32 heavy (non-hydrogen) atoms. The van der Waals surface area contributed by atoms with Crippen LogP contribution >= 0.6 is 0 Å². The Hall–Kier alpha value is -1.56. The Balaban J connectivity index is 1.86. The van der Waals surface area contributed by atoms with Gasteiger partial charge in [0.15, 0.2) is 11.7 Å². The molecule has 2 radical (unpaired) electrons. The lowest BCUT2D eigenvalue weighted by atomic mass is 9.79. The van der Waals surface area contributed by atoms with Gasteiger partial charge in [-0.3, -0.25) is 4.99 Å². The molecule has 2 aliphatic heterocycles. The van der Waals surface area contributed by atoms with E-state index in [1.54, 1.807) is 0 Å². The molecule has 0 aromatic carbocycles. The maximum absolute atomic E-state index is 5.29. The van der Waals surface area contributed by atoms with E-state index in [1.165, 1.54) is 0 Å². The fourth-order valence-corrected chi connectivity index (χ4v) is 5.75. The Labute approximate surface area is 195 Å². The van der Waals surface area contributed by atoms with E-state index < -0.39 is 0 Å². The van der Waals surface area contributed by atoms with Crippen LogP contribution in [-0.2, 0) is 0 Å². The van der Waals surface area contributed by atoms with Gasteiger partial charge in [-0.05, 0) is 79.1 Å². The van der Waals surface area contributed by atoms with Crippen molar-refractivity contribution in [1.29, 1.82) is 0 Å². The highest BCUT2D eigenvalue weighted by Crippen LogP contribution is 2.34. The first kappa shape index (κ1) is 25.1.